The molecule has 1 N–H and O–H groups in total. The van der Waals surface area contributed by atoms with Crippen molar-refractivity contribution < 1.29 is 0 Å². The summed E-state index contributed by atoms with van der Waals surface area (Å²) in [6.45, 7) is 7.90. The fraction of sp³-hybridized carbons (Fsp3) is 0.500. The van der Waals surface area contributed by atoms with Gasteiger partial charge in [0.1, 0.15) is 0 Å². The first kappa shape index (κ1) is 13.2. The highest BCUT2D eigenvalue weighted by Gasteiger charge is 2.13. The molecule has 0 spiro atoms. The van der Waals surface area contributed by atoms with E-state index in [9.17, 15) is 0 Å². The number of hydrogen-bond acceptors (Lipinski definition) is 5. The number of hydrogen-bond donors (Lipinski definition) is 1. The Kier molecular flexibility index (Phi) is 4.28. The van der Waals surface area contributed by atoms with Crippen LogP contribution in [0.1, 0.15) is 9.88 Å². The van der Waals surface area contributed by atoms with Gasteiger partial charge in [-0.1, -0.05) is 6.07 Å². The molecule has 102 valence electrons. The number of nitrogens with one attached hydrogen (secondary N) is 1. The topological polar surface area (TPSA) is 28.2 Å². The summed E-state index contributed by atoms with van der Waals surface area (Å²) >= 11 is 3.63. The summed E-state index contributed by atoms with van der Waals surface area (Å²) in [5.41, 5.74) is 1.19. The summed E-state index contributed by atoms with van der Waals surface area (Å²) in [4.78, 5) is 9.99. The van der Waals surface area contributed by atoms with E-state index in [-0.39, 0.29) is 0 Å². The maximum absolute atomic E-state index is 4.82. The Bertz CT molecular complexity index is 513. The molecule has 0 aromatic carbocycles. The van der Waals surface area contributed by atoms with Gasteiger partial charge in [-0.25, -0.2) is 4.98 Å². The van der Waals surface area contributed by atoms with Gasteiger partial charge < -0.3 is 10.2 Å². The van der Waals surface area contributed by atoms with Crippen LogP contribution < -0.4 is 5.32 Å². The molecule has 1 fully saturated rings. The van der Waals surface area contributed by atoms with Crippen LogP contribution in [-0.4, -0.2) is 42.6 Å². The lowest BCUT2D eigenvalue weighted by Gasteiger charge is -2.26. The van der Waals surface area contributed by atoms with Gasteiger partial charge in [-0.3, -0.25) is 0 Å². The molecule has 0 saturated carbocycles. The van der Waals surface area contributed by atoms with E-state index in [1.54, 1.807) is 11.3 Å². The van der Waals surface area contributed by atoms with Crippen molar-refractivity contribution >= 4 is 22.7 Å². The molecule has 2 aromatic heterocycles. The molecule has 3 heterocycles. The molecule has 19 heavy (non-hydrogen) atoms. The van der Waals surface area contributed by atoms with Gasteiger partial charge in [0, 0.05) is 44.0 Å². The van der Waals surface area contributed by atoms with E-state index >= 15 is 0 Å². The van der Waals surface area contributed by atoms with Crippen molar-refractivity contribution in [1.29, 1.82) is 0 Å². The first-order valence-electron chi connectivity index (χ1n) is 6.76. The van der Waals surface area contributed by atoms with Crippen molar-refractivity contribution in [2.75, 3.05) is 32.7 Å². The number of aryl methyl sites for hydroxylation is 1. The van der Waals surface area contributed by atoms with Crippen LogP contribution in [0.25, 0.3) is 10.6 Å². The Labute approximate surface area is 122 Å². The van der Waals surface area contributed by atoms with Gasteiger partial charge in [0.15, 0.2) is 0 Å². The summed E-state index contributed by atoms with van der Waals surface area (Å²) in [6.07, 6.45) is 1.08. The number of thiazole rings is 1. The molecule has 0 atom stereocenters. The van der Waals surface area contributed by atoms with Crippen LogP contribution in [0.3, 0.4) is 0 Å². The quantitative estimate of drug-likeness (QED) is 0.939. The zero-order valence-electron chi connectivity index (χ0n) is 11.2. The van der Waals surface area contributed by atoms with Crippen molar-refractivity contribution in [3.05, 3.63) is 27.4 Å². The summed E-state index contributed by atoms with van der Waals surface area (Å²) in [5.74, 6) is 0. The summed E-state index contributed by atoms with van der Waals surface area (Å²) in [6, 6.07) is 4.26. The Morgan fingerprint density at radius 3 is 2.95 bits per heavy atom. The summed E-state index contributed by atoms with van der Waals surface area (Å²) in [7, 11) is 0. The van der Waals surface area contributed by atoms with Crippen molar-refractivity contribution in [3.8, 4) is 10.6 Å². The smallest absolute Gasteiger partial charge is 0.0948 e. The van der Waals surface area contributed by atoms with Crippen LogP contribution in [0.2, 0.25) is 0 Å². The van der Waals surface area contributed by atoms with Gasteiger partial charge in [-0.15, -0.1) is 22.7 Å². The van der Waals surface area contributed by atoms with Gasteiger partial charge in [0.2, 0.25) is 0 Å². The first-order chi connectivity index (χ1) is 9.33. The molecule has 3 nitrogen and oxygen atoms in total. The Hall–Kier alpha value is -0.750. The third kappa shape index (κ3) is 3.23. The third-order valence-corrected chi connectivity index (χ3v) is 5.35. The van der Waals surface area contributed by atoms with Gasteiger partial charge >= 0.3 is 0 Å². The molecule has 0 aliphatic carbocycles. The lowest BCUT2D eigenvalue weighted by Crippen LogP contribution is -2.44. The standard InChI is InChI=1S/C14H19N3S2/c1-11-14(12-3-2-10-18-12)16-13(19-11)4-7-17-8-5-15-6-9-17/h2-3,10,15H,4-9H2,1H3. The second-order valence-corrected chi connectivity index (χ2v) is 7.07. The average molecular weight is 293 g/mol. The van der Waals surface area contributed by atoms with Gasteiger partial charge in [0.05, 0.1) is 15.6 Å². The molecule has 5 heteroatoms. The molecule has 1 saturated heterocycles. The van der Waals surface area contributed by atoms with Crippen LogP contribution in [0.4, 0.5) is 0 Å². The van der Waals surface area contributed by atoms with E-state index in [1.807, 2.05) is 11.3 Å². The number of nitrogens with zero attached hydrogens (tertiary/aromatic N) is 2. The molecule has 3 rings (SSSR count). The highest BCUT2D eigenvalue weighted by Crippen LogP contribution is 2.30. The van der Waals surface area contributed by atoms with Crippen LogP contribution >= 0.6 is 22.7 Å². The molecule has 2 aromatic rings. The minimum absolute atomic E-state index is 1.08. The Morgan fingerprint density at radius 1 is 1.37 bits per heavy atom. The predicted octanol–water partition coefficient (Wildman–Crippen LogP) is 2.63. The molecule has 0 radical (unpaired) electrons. The SMILES string of the molecule is Cc1sc(CCN2CCNCC2)nc1-c1cccs1. The minimum atomic E-state index is 1.08. The van der Waals surface area contributed by atoms with Gasteiger partial charge in [-0.2, -0.15) is 0 Å². The maximum atomic E-state index is 4.82. The first-order valence-corrected chi connectivity index (χ1v) is 8.46. The Morgan fingerprint density at radius 2 is 2.21 bits per heavy atom. The van der Waals surface area contributed by atoms with Crippen molar-refractivity contribution in [2.24, 2.45) is 0 Å². The predicted molar refractivity (Wildman–Crippen MR) is 83.2 cm³/mol. The molecule has 0 amide bonds. The van der Waals surface area contributed by atoms with Crippen molar-refractivity contribution in [2.45, 2.75) is 13.3 Å². The van der Waals surface area contributed by atoms with Gasteiger partial charge in [-0.05, 0) is 18.4 Å². The molecule has 0 unspecified atom stereocenters. The molecular formula is C14H19N3S2. The van der Waals surface area contributed by atoms with Gasteiger partial charge in [0.25, 0.3) is 0 Å². The van der Waals surface area contributed by atoms with Crippen LogP contribution in [-0.2, 0) is 6.42 Å². The van der Waals surface area contributed by atoms with E-state index in [0.717, 1.165) is 26.1 Å². The lowest BCUT2D eigenvalue weighted by atomic mass is 10.3. The van der Waals surface area contributed by atoms with Crippen molar-refractivity contribution in [3.63, 3.8) is 0 Å². The summed E-state index contributed by atoms with van der Waals surface area (Å²) < 4.78 is 0. The normalized spacial score (nSPS) is 16.9. The highest BCUT2D eigenvalue weighted by molar-refractivity contribution is 7.15. The number of rotatable bonds is 4. The summed E-state index contributed by atoms with van der Waals surface area (Å²) in [5, 5.41) is 6.79. The average Bonchev–Trinajstić information content (AvgIpc) is 3.07. The molecule has 1 aliphatic rings. The van der Waals surface area contributed by atoms with E-state index < -0.39 is 0 Å². The van der Waals surface area contributed by atoms with Crippen LogP contribution in [0.5, 0.6) is 0 Å². The van der Waals surface area contributed by atoms with E-state index in [4.69, 9.17) is 4.98 Å². The van der Waals surface area contributed by atoms with Crippen molar-refractivity contribution in [1.82, 2.24) is 15.2 Å². The molecular weight excluding hydrogens is 274 g/mol. The molecule has 0 bridgehead atoms. The fourth-order valence-corrected chi connectivity index (χ4v) is 4.16. The number of thiophene rings is 1. The zero-order valence-corrected chi connectivity index (χ0v) is 12.8. The molecule has 1 aliphatic heterocycles. The van der Waals surface area contributed by atoms with E-state index in [1.165, 1.54) is 33.5 Å². The fourth-order valence-electron chi connectivity index (χ4n) is 2.39. The highest BCUT2D eigenvalue weighted by atomic mass is 32.1. The Balaban J connectivity index is 1.64. The number of piperazine rings is 1. The van der Waals surface area contributed by atoms with Crippen LogP contribution in [0, 0.1) is 6.92 Å². The third-order valence-electron chi connectivity index (χ3n) is 3.45. The second kappa shape index (κ2) is 6.13. The van der Waals surface area contributed by atoms with E-state index in [0.29, 0.717) is 0 Å². The van der Waals surface area contributed by atoms with Crippen LogP contribution in [0.15, 0.2) is 17.5 Å². The number of aromatic nitrogens is 1. The monoisotopic (exact) mass is 293 g/mol. The second-order valence-electron chi connectivity index (χ2n) is 4.83. The minimum Gasteiger partial charge on any atom is -0.314 e. The van der Waals surface area contributed by atoms with E-state index in [2.05, 4.69) is 34.7 Å². The maximum Gasteiger partial charge on any atom is 0.0948 e. The lowest BCUT2D eigenvalue weighted by molar-refractivity contribution is 0.244. The zero-order chi connectivity index (χ0) is 13.1. The largest absolute Gasteiger partial charge is 0.314 e.